The molecule has 6 nitrogen and oxygen atoms in total. The highest BCUT2D eigenvalue weighted by atomic mass is 32.1. The molecule has 0 aliphatic heterocycles. The van der Waals surface area contributed by atoms with Gasteiger partial charge in [0.25, 0.3) is 11.8 Å². The second kappa shape index (κ2) is 7.48. The lowest BCUT2D eigenvalue weighted by Gasteiger charge is -2.10. The molecule has 2 heterocycles. The summed E-state index contributed by atoms with van der Waals surface area (Å²) >= 11 is 1.51. The van der Waals surface area contributed by atoms with Crippen molar-refractivity contribution >= 4 is 17.3 Å². The molecule has 0 amide bonds. The van der Waals surface area contributed by atoms with Crippen LogP contribution in [0.4, 0.5) is 0 Å². The molecule has 0 fully saturated rings. The molecular formula is C18H18N2O4S. The van der Waals surface area contributed by atoms with Crippen molar-refractivity contribution in [1.82, 2.24) is 10.2 Å². The average Bonchev–Trinajstić information content (AvgIpc) is 3.27. The molecule has 3 aromatic rings. The fourth-order valence-electron chi connectivity index (χ4n) is 2.33. The third kappa shape index (κ3) is 4.06. The summed E-state index contributed by atoms with van der Waals surface area (Å²) in [4.78, 5) is 13.0. The molecule has 25 heavy (non-hydrogen) atoms. The van der Waals surface area contributed by atoms with Gasteiger partial charge in [-0.1, -0.05) is 18.2 Å². The van der Waals surface area contributed by atoms with Gasteiger partial charge in [0.2, 0.25) is 0 Å². The second-order valence-electron chi connectivity index (χ2n) is 5.54. The number of nitrogens with zero attached hydrogens (tertiary/aromatic N) is 2. The van der Waals surface area contributed by atoms with Crippen molar-refractivity contribution in [1.29, 1.82) is 0 Å². The summed E-state index contributed by atoms with van der Waals surface area (Å²) in [6.07, 6.45) is -0.464. The Balaban J connectivity index is 1.63. The standard InChI is InChI=1S/C18H18N2O4S/c1-11-6-7-13(9-14(11)22-3)10-16(21)23-12(2)17-19-20-18(24-17)15-5-4-8-25-15/h4-9,12H,10H2,1-3H3. The van der Waals surface area contributed by atoms with Gasteiger partial charge in [0, 0.05) is 0 Å². The number of carbonyl (C=O) groups excluding carboxylic acids is 1. The lowest BCUT2D eigenvalue weighted by atomic mass is 10.1. The second-order valence-corrected chi connectivity index (χ2v) is 6.48. The molecule has 0 saturated heterocycles. The van der Waals surface area contributed by atoms with Gasteiger partial charge in [-0.05, 0) is 42.5 Å². The van der Waals surface area contributed by atoms with Gasteiger partial charge in [0.15, 0.2) is 6.10 Å². The van der Waals surface area contributed by atoms with Crippen LogP contribution in [-0.2, 0) is 16.0 Å². The van der Waals surface area contributed by atoms with E-state index in [2.05, 4.69) is 10.2 Å². The van der Waals surface area contributed by atoms with Crippen LogP contribution >= 0.6 is 11.3 Å². The summed E-state index contributed by atoms with van der Waals surface area (Å²) in [7, 11) is 1.60. The van der Waals surface area contributed by atoms with Crippen molar-refractivity contribution in [2.75, 3.05) is 7.11 Å². The Morgan fingerprint density at radius 3 is 2.88 bits per heavy atom. The molecular weight excluding hydrogens is 340 g/mol. The minimum atomic E-state index is -0.610. The van der Waals surface area contributed by atoms with Gasteiger partial charge < -0.3 is 13.9 Å². The predicted octanol–water partition coefficient (Wildman–Crippen LogP) is 3.96. The molecule has 0 saturated carbocycles. The van der Waals surface area contributed by atoms with Gasteiger partial charge in [-0.3, -0.25) is 4.79 Å². The number of benzene rings is 1. The van der Waals surface area contributed by atoms with Crippen LogP contribution in [0, 0.1) is 6.92 Å². The summed E-state index contributed by atoms with van der Waals surface area (Å²) in [5.41, 5.74) is 1.84. The molecule has 0 radical (unpaired) electrons. The number of esters is 1. The van der Waals surface area contributed by atoms with Crippen LogP contribution in [0.3, 0.4) is 0 Å². The number of methoxy groups -OCH3 is 1. The normalized spacial score (nSPS) is 12.0. The van der Waals surface area contributed by atoms with E-state index < -0.39 is 6.10 Å². The monoisotopic (exact) mass is 358 g/mol. The molecule has 0 spiro atoms. The van der Waals surface area contributed by atoms with Crippen LogP contribution in [0.15, 0.2) is 40.1 Å². The highest BCUT2D eigenvalue weighted by Crippen LogP contribution is 2.26. The van der Waals surface area contributed by atoms with Crippen LogP contribution in [0.25, 0.3) is 10.8 Å². The van der Waals surface area contributed by atoms with E-state index in [9.17, 15) is 4.79 Å². The lowest BCUT2D eigenvalue weighted by Crippen LogP contribution is -2.12. The number of thiophene rings is 1. The Morgan fingerprint density at radius 1 is 1.32 bits per heavy atom. The van der Waals surface area contributed by atoms with Crippen molar-refractivity contribution < 1.29 is 18.7 Å². The number of hydrogen-bond donors (Lipinski definition) is 0. The molecule has 0 aliphatic rings. The first kappa shape index (κ1) is 17.2. The first-order chi connectivity index (χ1) is 12.1. The van der Waals surface area contributed by atoms with E-state index in [0.29, 0.717) is 5.89 Å². The van der Waals surface area contributed by atoms with E-state index in [4.69, 9.17) is 13.9 Å². The lowest BCUT2D eigenvalue weighted by molar-refractivity contribution is -0.148. The molecule has 0 N–H and O–H groups in total. The van der Waals surface area contributed by atoms with Crippen LogP contribution < -0.4 is 4.74 Å². The van der Waals surface area contributed by atoms with Crippen molar-refractivity contribution in [2.24, 2.45) is 0 Å². The van der Waals surface area contributed by atoms with E-state index in [-0.39, 0.29) is 18.3 Å². The van der Waals surface area contributed by atoms with Gasteiger partial charge in [0.05, 0.1) is 18.4 Å². The Kier molecular flexibility index (Phi) is 5.14. The zero-order valence-corrected chi connectivity index (χ0v) is 15.0. The number of ether oxygens (including phenoxy) is 2. The van der Waals surface area contributed by atoms with Gasteiger partial charge in [0.1, 0.15) is 5.75 Å². The van der Waals surface area contributed by atoms with E-state index in [1.54, 1.807) is 14.0 Å². The van der Waals surface area contributed by atoms with Gasteiger partial charge in [-0.2, -0.15) is 0 Å². The molecule has 130 valence electrons. The topological polar surface area (TPSA) is 74.5 Å². The molecule has 2 aromatic heterocycles. The van der Waals surface area contributed by atoms with Crippen molar-refractivity contribution in [2.45, 2.75) is 26.4 Å². The minimum absolute atomic E-state index is 0.146. The third-order valence-corrected chi connectivity index (χ3v) is 4.51. The quantitative estimate of drug-likeness (QED) is 0.621. The summed E-state index contributed by atoms with van der Waals surface area (Å²) in [5, 5.41) is 9.88. The van der Waals surface area contributed by atoms with Gasteiger partial charge in [-0.25, -0.2) is 0 Å². The van der Waals surface area contributed by atoms with Crippen molar-refractivity contribution in [3.8, 4) is 16.5 Å². The smallest absolute Gasteiger partial charge is 0.311 e. The van der Waals surface area contributed by atoms with Gasteiger partial charge >= 0.3 is 5.97 Å². The Labute approximate surface area is 149 Å². The summed E-state index contributed by atoms with van der Waals surface area (Å²) in [5.74, 6) is 1.08. The van der Waals surface area contributed by atoms with E-state index in [0.717, 1.165) is 21.8 Å². The third-order valence-electron chi connectivity index (χ3n) is 3.65. The first-order valence-corrected chi connectivity index (χ1v) is 8.65. The largest absolute Gasteiger partial charge is 0.496 e. The van der Waals surface area contributed by atoms with Crippen molar-refractivity contribution in [3.63, 3.8) is 0 Å². The van der Waals surface area contributed by atoms with E-state index >= 15 is 0 Å². The average molecular weight is 358 g/mol. The number of hydrogen-bond acceptors (Lipinski definition) is 7. The van der Waals surface area contributed by atoms with Crippen LogP contribution in [-0.4, -0.2) is 23.3 Å². The Morgan fingerprint density at radius 2 is 2.16 bits per heavy atom. The fourth-order valence-corrected chi connectivity index (χ4v) is 2.97. The molecule has 7 heteroatoms. The van der Waals surface area contributed by atoms with E-state index in [1.165, 1.54) is 11.3 Å². The summed E-state index contributed by atoms with van der Waals surface area (Å²) in [6.45, 7) is 3.66. The number of rotatable bonds is 6. The minimum Gasteiger partial charge on any atom is -0.496 e. The molecule has 1 aromatic carbocycles. The van der Waals surface area contributed by atoms with Crippen molar-refractivity contribution in [3.05, 3.63) is 52.7 Å². The SMILES string of the molecule is COc1cc(CC(=O)OC(C)c2nnc(-c3cccs3)o2)ccc1C. The zero-order valence-electron chi connectivity index (χ0n) is 14.2. The van der Waals surface area contributed by atoms with Crippen LogP contribution in [0.5, 0.6) is 5.75 Å². The summed E-state index contributed by atoms with van der Waals surface area (Å²) < 4.78 is 16.3. The van der Waals surface area contributed by atoms with Crippen LogP contribution in [0.1, 0.15) is 30.0 Å². The number of carbonyl (C=O) groups is 1. The molecule has 0 aliphatic carbocycles. The molecule has 1 atom stereocenters. The van der Waals surface area contributed by atoms with Crippen LogP contribution in [0.2, 0.25) is 0 Å². The maximum Gasteiger partial charge on any atom is 0.311 e. The highest BCUT2D eigenvalue weighted by Gasteiger charge is 2.19. The zero-order chi connectivity index (χ0) is 17.8. The fraction of sp³-hybridized carbons (Fsp3) is 0.278. The molecule has 3 rings (SSSR count). The van der Waals surface area contributed by atoms with Gasteiger partial charge in [-0.15, -0.1) is 21.5 Å². The number of aryl methyl sites for hydroxylation is 1. The number of aromatic nitrogens is 2. The molecule has 1 unspecified atom stereocenters. The van der Waals surface area contributed by atoms with E-state index in [1.807, 2.05) is 42.6 Å². The molecule has 0 bridgehead atoms. The summed E-state index contributed by atoms with van der Waals surface area (Å²) in [6, 6.07) is 9.43. The first-order valence-electron chi connectivity index (χ1n) is 7.77. The Hall–Kier alpha value is -2.67. The Bertz CT molecular complexity index is 858. The maximum absolute atomic E-state index is 12.2. The maximum atomic E-state index is 12.2. The predicted molar refractivity (Wildman–Crippen MR) is 93.6 cm³/mol. The highest BCUT2D eigenvalue weighted by molar-refractivity contribution is 7.13.